The molecule has 2 unspecified atom stereocenters. The second-order valence-corrected chi connectivity index (χ2v) is 14.8. The molecule has 2 radical (unpaired) electrons. The van der Waals surface area contributed by atoms with Crippen molar-refractivity contribution < 1.29 is 42.5 Å². The van der Waals surface area contributed by atoms with Gasteiger partial charge in [0, 0.05) is 11.9 Å². The predicted molar refractivity (Wildman–Crippen MR) is 99.3 cm³/mol. The van der Waals surface area contributed by atoms with Gasteiger partial charge in [0.25, 0.3) is 0 Å². The van der Waals surface area contributed by atoms with Crippen LogP contribution >= 0.6 is 7.60 Å². The average molecular weight is 430 g/mol. The summed E-state index contributed by atoms with van der Waals surface area (Å²) in [6.07, 6.45) is -2.89. The van der Waals surface area contributed by atoms with Crippen molar-refractivity contribution in [3.63, 3.8) is 0 Å². The summed E-state index contributed by atoms with van der Waals surface area (Å²) in [5.41, 5.74) is -6.48. The quantitative estimate of drug-likeness (QED) is 0.326. The Bertz CT molecular complexity index is 575. The Labute approximate surface area is 161 Å². The summed E-state index contributed by atoms with van der Waals surface area (Å²) in [6.45, 7) is 6.82. The van der Waals surface area contributed by atoms with E-state index in [1.165, 1.54) is 6.92 Å². The van der Waals surface area contributed by atoms with Crippen LogP contribution in [0.15, 0.2) is 0 Å². The van der Waals surface area contributed by atoms with Crippen LogP contribution in [0.5, 0.6) is 0 Å². The van der Waals surface area contributed by atoms with Crippen LogP contribution in [-0.2, 0) is 13.8 Å². The molecule has 5 atom stereocenters. The van der Waals surface area contributed by atoms with Gasteiger partial charge in [-0.1, -0.05) is 13.8 Å². The molecule has 12 heteroatoms. The van der Waals surface area contributed by atoms with Crippen LogP contribution in [0.1, 0.15) is 33.6 Å². The molecule has 0 aromatic rings. The van der Waals surface area contributed by atoms with Crippen molar-refractivity contribution >= 4 is 23.8 Å². The second kappa shape index (κ2) is 8.10. The summed E-state index contributed by atoms with van der Waals surface area (Å²) >= 11 is 0. The summed E-state index contributed by atoms with van der Waals surface area (Å²) in [4.78, 5) is 20.0. The number of aliphatic hydroxyl groups excluding tert-OH is 2. The smallest absolute Gasteiger partial charge is 0.397 e. The van der Waals surface area contributed by atoms with E-state index in [4.69, 9.17) is 12.6 Å². The van der Waals surface area contributed by atoms with Gasteiger partial charge in [-0.3, -0.25) is 4.57 Å². The van der Waals surface area contributed by atoms with Gasteiger partial charge in [-0.15, -0.1) is 0 Å². The lowest BCUT2D eigenvalue weighted by Crippen LogP contribution is -2.50. The van der Waals surface area contributed by atoms with Crippen molar-refractivity contribution in [2.75, 3.05) is 13.2 Å². The Morgan fingerprint density at radius 1 is 1.37 bits per heavy atom. The highest BCUT2D eigenvalue weighted by atomic mass is 31.2. The van der Waals surface area contributed by atoms with Crippen molar-refractivity contribution in [1.29, 1.82) is 0 Å². The van der Waals surface area contributed by atoms with E-state index in [1.807, 2.05) is 0 Å². The fourth-order valence-corrected chi connectivity index (χ4v) is 4.87. The molecule has 0 amide bonds. The maximum Gasteiger partial charge on any atom is 0.397 e. The number of alkyl halides is 2. The van der Waals surface area contributed by atoms with Gasteiger partial charge in [-0.25, -0.2) is 0 Å². The van der Waals surface area contributed by atoms with E-state index in [9.17, 15) is 33.2 Å². The van der Waals surface area contributed by atoms with E-state index in [2.05, 4.69) is 4.52 Å². The Morgan fingerprint density at radius 3 is 2.30 bits per heavy atom. The molecule has 1 rings (SSSR count). The van der Waals surface area contributed by atoms with Gasteiger partial charge in [0.2, 0.25) is 0 Å². The molecule has 0 aliphatic carbocycles. The van der Waals surface area contributed by atoms with Crippen LogP contribution in [0, 0.1) is 5.92 Å². The van der Waals surface area contributed by atoms with Gasteiger partial charge in [-0.05, 0) is 31.5 Å². The maximum absolute atomic E-state index is 14.4. The Balaban J connectivity index is 3.15. The van der Waals surface area contributed by atoms with Crippen LogP contribution in [0.3, 0.4) is 0 Å². The van der Waals surface area contributed by atoms with Crippen molar-refractivity contribution in [1.82, 2.24) is 0 Å². The lowest BCUT2D eigenvalue weighted by atomic mass is 9.76. The summed E-state index contributed by atoms with van der Waals surface area (Å²) in [6, 6.07) is -1.19. The van der Waals surface area contributed by atoms with Crippen LogP contribution in [0.2, 0.25) is 18.1 Å². The van der Waals surface area contributed by atoms with Crippen LogP contribution in [0.25, 0.3) is 0 Å². The number of rotatable bonds is 9. The van der Waals surface area contributed by atoms with Gasteiger partial charge in [-0.2, -0.15) is 8.78 Å². The van der Waals surface area contributed by atoms with Crippen LogP contribution < -0.4 is 0 Å². The van der Waals surface area contributed by atoms with E-state index in [0.717, 1.165) is 0 Å². The molecule has 1 heterocycles. The SMILES string of the molecule is [B][C@@H]1O[C@](CO)(CC(F)(F)P(=O)(O)OCC)C(O)[C@@H]1CC(C)(C)[Si](C)(C)O. The minimum Gasteiger partial charge on any atom is -0.432 e. The number of hydrogen-bond donors (Lipinski definition) is 4. The maximum atomic E-state index is 14.4. The molecule has 158 valence electrons. The molecule has 0 aromatic heterocycles. The third-order valence-electron chi connectivity index (χ3n) is 5.64. The lowest BCUT2D eigenvalue weighted by Gasteiger charge is -2.39. The first-order valence-corrected chi connectivity index (χ1v) is 13.3. The van der Waals surface area contributed by atoms with E-state index in [0.29, 0.717) is 0 Å². The molecule has 27 heavy (non-hydrogen) atoms. The molecule has 7 nitrogen and oxygen atoms in total. The largest absolute Gasteiger partial charge is 0.432 e. The van der Waals surface area contributed by atoms with Gasteiger partial charge in [0.05, 0.1) is 25.7 Å². The third-order valence-corrected chi connectivity index (χ3v) is 10.7. The zero-order valence-corrected chi connectivity index (χ0v) is 18.2. The Kier molecular flexibility index (Phi) is 7.55. The fourth-order valence-electron chi connectivity index (χ4n) is 3.13. The number of ether oxygens (including phenoxy) is 1. The molecule has 0 bridgehead atoms. The first kappa shape index (κ1) is 25.2. The first-order valence-electron chi connectivity index (χ1n) is 8.76. The number of aliphatic hydroxyl groups is 2. The molecule has 1 aliphatic heterocycles. The zero-order valence-electron chi connectivity index (χ0n) is 16.4. The van der Waals surface area contributed by atoms with Crippen LogP contribution in [0.4, 0.5) is 8.78 Å². The molecule has 1 aliphatic rings. The fraction of sp³-hybridized carbons (Fsp3) is 1.00. The van der Waals surface area contributed by atoms with E-state index in [1.54, 1.807) is 26.9 Å². The van der Waals surface area contributed by atoms with Gasteiger partial charge in [0.1, 0.15) is 13.4 Å². The monoisotopic (exact) mass is 430 g/mol. The highest BCUT2D eigenvalue weighted by Gasteiger charge is 2.63. The van der Waals surface area contributed by atoms with Crippen molar-refractivity contribution in [3.05, 3.63) is 0 Å². The topological polar surface area (TPSA) is 116 Å². The van der Waals surface area contributed by atoms with Crippen LogP contribution in [-0.4, -0.2) is 72.7 Å². The van der Waals surface area contributed by atoms with E-state index < -0.39 is 69.9 Å². The summed E-state index contributed by atoms with van der Waals surface area (Å²) in [5.74, 6) is -0.855. The molecular formula is C15H30BF2O7PSi. The minimum atomic E-state index is -5.35. The Hall–Kier alpha value is 0.132. The highest BCUT2D eigenvalue weighted by molar-refractivity contribution is 7.54. The predicted octanol–water partition coefficient (Wildman–Crippen LogP) is 1.79. The normalized spacial score (nSPS) is 32.5. The zero-order chi connectivity index (χ0) is 21.5. The molecule has 0 spiro atoms. The highest BCUT2D eigenvalue weighted by Crippen LogP contribution is 2.62. The molecular weight excluding hydrogens is 400 g/mol. The van der Waals surface area contributed by atoms with Crippen molar-refractivity contribution in [2.45, 2.75) is 75.1 Å². The second-order valence-electron chi connectivity index (χ2n) is 8.34. The van der Waals surface area contributed by atoms with Gasteiger partial charge < -0.3 is 29.2 Å². The number of halogens is 2. The molecule has 4 N–H and O–H groups in total. The number of hydrogen-bond acceptors (Lipinski definition) is 6. The molecule has 0 aromatic carbocycles. The first-order chi connectivity index (χ1) is 12.0. The molecule has 1 fully saturated rings. The standard InChI is InChI=1S/C15H30BF2O7PSi/c1-6-24-26(21,22)15(17,18)8-14(9-19)11(20)10(12(16)25-14)7-13(2,3)27(4,5)23/h10-12,19-20,23H,6-9H2,1-5H3,(H,21,22)/t10-,11?,12+,14-/m0/s1. The van der Waals surface area contributed by atoms with E-state index in [-0.39, 0.29) is 6.42 Å². The van der Waals surface area contributed by atoms with Gasteiger partial charge in [0.15, 0.2) is 8.32 Å². The lowest BCUT2D eigenvalue weighted by molar-refractivity contribution is -0.138. The average Bonchev–Trinajstić information content (AvgIpc) is 2.70. The summed E-state index contributed by atoms with van der Waals surface area (Å²) in [7, 11) is -2.15. The minimum absolute atomic E-state index is 0.167. The van der Waals surface area contributed by atoms with Crippen molar-refractivity contribution in [3.8, 4) is 0 Å². The summed E-state index contributed by atoms with van der Waals surface area (Å²) < 4.78 is 50.3. The van der Waals surface area contributed by atoms with Crippen molar-refractivity contribution in [2.24, 2.45) is 5.92 Å². The Morgan fingerprint density at radius 2 is 1.89 bits per heavy atom. The van der Waals surface area contributed by atoms with Gasteiger partial charge >= 0.3 is 13.3 Å². The van der Waals surface area contributed by atoms with E-state index >= 15 is 0 Å². The third kappa shape index (κ3) is 5.01. The molecule has 1 saturated heterocycles. The molecule has 0 saturated carbocycles. The summed E-state index contributed by atoms with van der Waals surface area (Å²) in [5, 5.41) is 19.8.